The Morgan fingerprint density at radius 1 is 1.33 bits per heavy atom. The maximum absolute atomic E-state index is 6.09. The summed E-state index contributed by atoms with van der Waals surface area (Å²) in [6.45, 7) is 8.34. The molecule has 2 aliphatic carbocycles. The number of nitrogens with zero attached hydrogens (tertiary/aromatic N) is 2. The molecule has 2 saturated carbocycles. The van der Waals surface area contributed by atoms with Crippen LogP contribution in [-0.4, -0.2) is 69.0 Å². The SMILES string of the molecule is CCNC(=NCC(c1cccs1)N1CCOCC1)NC1C2CCOC2C12CCC2.I. The summed E-state index contributed by atoms with van der Waals surface area (Å²) in [5.74, 6) is 1.63. The average molecular weight is 547 g/mol. The molecule has 4 aliphatic rings. The van der Waals surface area contributed by atoms with Gasteiger partial charge in [-0.15, -0.1) is 35.3 Å². The van der Waals surface area contributed by atoms with Crippen molar-refractivity contribution in [1.29, 1.82) is 0 Å². The van der Waals surface area contributed by atoms with Crippen LogP contribution in [0.3, 0.4) is 0 Å². The number of halogens is 1. The first-order valence-electron chi connectivity index (χ1n) is 11.3. The lowest BCUT2D eigenvalue weighted by Gasteiger charge is -2.63. The maximum atomic E-state index is 6.09. The molecule has 3 heterocycles. The van der Waals surface area contributed by atoms with Gasteiger partial charge in [0.25, 0.3) is 0 Å². The monoisotopic (exact) mass is 546 g/mol. The zero-order valence-electron chi connectivity index (χ0n) is 17.8. The molecule has 0 amide bonds. The van der Waals surface area contributed by atoms with Crippen LogP contribution in [0.5, 0.6) is 0 Å². The topological polar surface area (TPSA) is 58.1 Å². The highest BCUT2D eigenvalue weighted by Crippen LogP contribution is 2.62. The van der Waals surface area contributed by atoms with Crippen molar-refractivity contribution >= 4 is 41.3 Å². The van der Waals surface area contributed by atoms with Crippen LogP contribution in [0.15, 0.2) is 22.5 Å². The molecule has 2 N–H and O–H groups in total. The normalized spacial score (nSPS) is 31.2. The number of aliphatic imine (C=N–C) groups is 1. The van der Waals surface area contributed by atoms with Crippen LogP contribution in [-0.2, 0) is 9.47 Å². The van der Waals surface area contributed by atoms with Crippen molar-refractivity contribution in [1.82, 2.24) is 15.5 Å². The van der Waals surface area contributed by atoms with Gasteiger partial charge in [-0.3, -0.25) is 9.89 Å². The fourth-order valence-electron chi connectivity index (χ4n) is 5.86. The van der Waals surface area contributed by atoms with E-state index < -0.39 is 0 Å². The number of fused-ring (bicyclic) bond motifs is 2. The van der Waals surface area contributed by atoms with Crippen molar-refractivity contribution < 1.29 is 9.47 Å². The van der Waals surface area contributed by atoms with E-state index in [0.717, 1.165) is 52.0 Å². The fraction of sp³-hybridized carbons (Fsp3) is 0.773. The number of hydrogen-bond donors (Lipinski definition) is 2. The van der Waals surface area contributed by atoms with Crippen LogP contribution < -0.4 is 10.6 Å². The van der Waals surface area contributed by atoms with Gasteiger partial charge in [-0.25, -0.2) is 0 Å². The van der Waals surface area contributed by atoms with Gasteiger partial charge in [-0.2, -0.15) is 0 Å². The van der Waals surface area contributed by atoms with Gasteiger partial charge >= 0.3 is 0 Å². The van der Waals surface area contributed by atoms with E-state index in [2.05, 4.69) is 40.0 Å². The molecule has 1 spiro atoms. The van der Waals surface area contributed by atoms with Gasteiger partial charge < -0.3 is 20.1 Å². The number of thiophene rings is 1. The second kappa shape index (κ2) is 10.0. The van der Waals surface area contributed by atoms with Gasteiger partial charge in [0.2, 0.25) is 0 Å². The lowest BCUT2D eigenvalue weighted by molar-refractivity contribution is -0.171. The molecular weight excluding hydrogens is 511 g/mol. The van der Waals surface area contributed by atoms with Crippen LogP contribution in [0, 0.1) is 11.3 Å². The van der Waals surface area contributed by atoms with E-state index in [1.165, 1.54) is 30.6 Å². The van der Waals surface area contributed by atoms with Gasteiger partial charge in [0, 0.05) is 48.5 Å². The number of ether oxygens (including phenoxy) is 2. The molecule has 1 aromatic rings. The van der Waals surface area contributed by atoms with E-state index in [-0.39, 0.29) is 24.0 Å². The van der Waals surface area contributed by atoms with E-state index in [4.69, 9.17) is 14.5 Å². The van der Waals surface area contributed by atoms with E-state index in [1.807, 2.05) is 11.3 Å². The smallest absolute Gasteiger partial charge is 0.191 e. The number of morpholine rings is 1. The molecule has 30 heavy (non-hydrogen) atoms. The molecule has 0 aromatic carbocycles. The number of rotatable bonds is 6. The zero-order valence-corrected chi connectivity index (χ0v) is 21.0. The van der Waals surface area contributed by atoms with Crippen molar-refractivity contribution in [3.05, 3.63) is 22.4 Å². The summed E-state index contributed by atoms with van der Waals surface area (Å²) in [7, 11) is 0. The van der Waals surface area contributed by atoms with Crippen LogP contribution in [0.25, 0.3) is 0 Å². The van der Waals surface area contributed by atoms with Crippen molar-refractivity contribution in [2.75, 3.05) is 46.0 Å². The third kappa shape index (κ3) is 4.14. The molecule has 2 saturated heterocycles. The van der Waals surface area contributed by atoms with Gasteiger partial charge in [0.1, 0.15) is 0 Å². The second-order valence-electron chi connectivity index (χ2n) is 8.85. The Morgan fingerprint density at radius 3 is 2.83 bits per heavy atom. The fourth-order valence-corrected chi connectivity index (χ4v) is 6.71. The number of hydrogen-bond acceptors (Lipinski definition) is 5. The Hall–Kier alpha value is -0.420. The second-order valence-corrected chi connectivity index (χ2v) is 9.83. The molecule has 6 nitrogen and oxygen atoms in total. The Labute approximate surface area is 201 Å². The Kier molecular flexibility index (Phi) is 7.60. The molecule has 168 valence electrons. The van der Waals surface area contributed by atoms with E-state index >= 15 is 0 Å². The Morgan fingerprint density at radius 2 is 2.17 bits per heavy atom. The Bertz CT molecular complexity index is 706. The van der Waals surface area contributed by atoms with Crippen LogP contribution >= 0.6 is 35.3 Å². The van der Waals surface area contributed by atoms with Crippen molar-refractivity contribution in [2.45, 2.75) is 50.8 Å². The summed E-state index contributed by atoms with van der Waals surface area (Å²) in [5, 5.41) is 9.52. The quantitative estimate of drug-likeness (QED) is 0.326. The van der Waals surface area contributed by atoms with Gasteiger partial charge in [0.15, 0.2) is 5.96 Å². The predicted octanol–water partition coefficient (Wildman–Crippen LogP) is 3.25. The summed E-state index contributed by atoms with van der Waals surface area (Å²) in [6, 6.07) is 5.24. The standard InChI is InChI=1S/C22H34N4O2S.HI/c1-2-23-21(25-19-16-6-11-28-20(16)22(19)7-4-8-22)24-15-17(18-5-3-14-29-18)26-9-12-27-13-10-26;/h3,5,14,16-17,19-20H,2,4,6-13,15H2,1H3,(H2,23,24,25);1H. The third-order valence-electron chi connectivity index (χ3n) is 7.45. The minimum absolute atomic E-state index is 0. The Balaban J connectivity index is 0.00000218. The molecule has 8 heteroatoms. The summed E-state index contributed by atoms with van der Waals surface area (Å²) in [6.07, 6.45) is 5.63. The molecule has 5 rings (SSSR count). The molecule has 2 aliphatic heterocycles. The molecule has 0 bridgehead atoms. The maximum Gasteiger partial charge on any atom is 0.191 e. The van der Waals surface area contributed by atoms with Crippen LogP contribution in [0.2, 0.25) is 0 Å². The first kappa shape index (κ1) is 22.8. The van der Waals surface area contributed by atoms with Gasteiger partial charge in [-0.05, 0) is 37.6 Å². The zero-order chi connectivity index (χ0) is 19.7. The number of nitrogens with one attached hydrogen (secondary N) is 2. The van der Waals surface area contributed by atoms with Gasteiger partial charge in [-0.1, -0.05) is 12.5 Å². The summed E-state index contributed by atoms with van der Waals surface area (Å²) in [5.41, 5.74) is 0.370. The van der Waals surface area contributed by atoms with Gasteiger partial charge in [0.05, 0.1) is 31.9 Å². The summed E-state index contributed by atoms with van der Waals surface area (Å²) in [4.78, 5) is 9.01. The predicted molar refractivity (Wildman–Crippen MR) is 132 cm³/mol. The largest absolute Gasteiger partial charge is 0.379 e. The van der Waals surface area contributed by atoms with Crippen molar-refractivity contribution in [3.8, 4) is 0 Å². The lowest BCUT2D eigenvalue weighted by atomic mass is 9.46. The summed E-state index contributed by atoms with van der Waals surface area (Å²) < 4.78 is 11.7. The van der Waals surface area contributed by atoms with E-state index in [1.54, 1.807) is 0 Å². The lowest BCUT2D eigenvalue weighted by Crippen LogP contribution is -2.72. The van der Waals surface area contributed by atoms with Crippen molar-refractivity contribution in [2.24, 2.45) is 16.3 Å². The molecule has 1 aromatic heterocycles. The summed E-state index contributed by atoms with van der Waals surface area (Å²) >= 11 is 1.84. The first-order valence-corrected chi connectivity index (χ1v) is 12.2. The molecular formula is C22H35IN4O2S. The van der Waals surface area contributed by atoms with Crippen LogP contribution in [0.1, 0.15) is 43.5 Å². The first-order chi connectivity index (χ1) is 14.3. The highest BCUT2D eigenvalue weighted by atomic mass is 127. The molecule has 4 unspecified atom stereocenters. The minimum atomic E-state index is 0. The molecule has 4 atom stereocenters. The average Bonchev–Trinajstić information content (AvgIpc) is 3.37. The van der Waals surface area contributed by atoms with Crippen molar-refractivity contribution in [3.63, 3.8) is 0 Å². The third-order valence-corrected chi connectivity index (χ3v) is 8.43. The highest BCUT2D eigenvalue weighted by Gasteiger charge is 2.66. The molecule has 0 radical (unpaired) electrons. The highest BCUT2D eigenvalue weighted by molar-refractivity contribution is 14.0. The van der Waals surface area contributed by atoms with E-state index in [9.17, 15) is 0 Å². The number of guanidine groups is 1. The minimum Gasteiger partial charge on any atom is -0.379 e. The van der Waals surface area contributed by atoms with E-state index in [0.29, 0.717) is 29.5 Å². The van der Waals surface area contributed by atoms with Crippen LogP contribution in [0.4, 0.5) is 0 Å². The molecule has 4 fully saturated rings.